The van der Waals surface area contributed by atoms with Gasteiger partial charge in [0.05, 0.1) is 18.9 Å². The van der Waals surface area contributed by atoms with E-state index in [9.17, 15) is 18.4 Å². The summed E-state index contributed by atoms with van der Waals surface area (Å²) in [6, 6.07) is 0. The van der Waals surface area contributed by atoms with Crippen LogP contribution in [0.4, 0.5) is 8.78 Å². The normalized spacial score (nSPS) is 31.8. The summed E-state index contributed by atoms with van der Waals surface area (Å²) in [5, 5.41) is 8.98. The second-order valence-corrected chi connectivity index (χ2v) is 4.19. The van der Waals surface area contributed by atoms with Crippen LogP contribution in [-0.2, 0) is 4.74 Å². The van der Waals surface area contributed by atoms with Crippen molar-refractivity contribution in [2.75, 3.05) is 6.61 Å². The van der Waals surface area contributed by atoms with Crippen LogP contribution in [0.5, 0.6) is 0 Å². The number of nitrogens with one attached hydrogen (secondary N) is 1. The summed E-state index contributed by atoms with van der Waals surface area (Å²) in [6.45, 7) is 1.11. The second kappa shape index (κ2) is 4.62. The average Bonchev–Trinajstić information content (AvgIpc) is 2.61. The molecule has 1 aromatic heterocycles. The van der Waals surface area contributed by atoms with Gasteiger partial charge in [-0.2, -0.15) is 4.39 Å². The monoisotopic (exact) mass is 262 g/mol. The molecule has 1 aliphatic rings. The molecule has 2 heterocycles. The SMILES string of the molecule is C[C@H]1[C@H](F)[C@H](n2cc(F)c(=O)[nH]c2=O)O[C@@H]1CO. The van der Waals surface area contributed by atoms with Crippen LogP contribution in [0, 0.1) is 11.7 Å². The number of aromatic nitrogens is 2. The van der Waals surface area contributed by atoms with Gasteiger partial charge in [0, 0.05) is 5.92 Å². The van der Waals surface area contributed by atoms with Gasteiger partial charge in [-0.15, -0.1) is 0 Å². The number of alkyl halides is 1. The van der Waals surface area contributed by atoms with E-state index in [4.69, 9.17) is 9.84 Å². The molecule has 0 amide bonds. The molecule has 100 valence electrons. The maximum atomic E-state index is 13.9. The van der Waals surface area contributed by atoms with Crippen molar-refractivity contribution in [3.05, 3.63) is 32.9 Å². The van der Waals surface area contributed by atoms with Gasteiger partial charge in [0.2, 0.25) is 5.82 Å². The minimum absolute atomic E-state index is 0.404. The summed E-state index contributed by atoms with van der Waals surface area (Å²) in [7, 11) is 0. The lowest BCUT2D eigenvalue weighted by Gasteiger charge is -2.15. The maximum absolute atomic E-state index is 13.9. The standard InChI is InChI=1S/C10H12F2N2O4/c1-4-6(3-15)18-9(7(4)12)14-2-5(11)8(16)13-10(14)17/h2,4,6-7,9,15H,3H2,1H3,(H,13,16,17)/t4-,6-,7+,9-/m1/s1. The molecule has 0 spiro atoms. The third kappa shape index (κ3) is 1.97. The Morgan fingerprint density at radius 1 is 1.56 bits per heavy atom. The largest absolute Gasteiger partial charge is 0.394 e. The molecule has 1 fully saturated rings. The fourth-order valence-electron chi connectivity index (χ4n) is 1.92. The van der Waals surface area contributed by atoms with Gasteiger partial charge in [-0.3, -0.25) is 14.3 Å². The van der Waals surface area contributed by atoms with Gasteiger partial charge in [-0.1, -0.05) is 6.92 Å². The van der Waals surface area contributed by atoms with E-state index in [0.717, 1.165) is 0 Å². The lowest BCUT2D eigenvalue weighted by Crippen LogP contribution is -2.36. The number of ether oxygens (including phenoxy) is 1. The Kier molecular flexibility index (Phi) is 3.31. The van der Waals surface area contributed by atoms with Gasteiger partial charge in [0.25, 0.3) is 5.56 Å². The Balaban J connectivity index is 2.42. The summed E-state index contributed by atoms with van der Waals surface area (Å²) in [5.41, 5.74) is -2.13. The molecule has 0 bridgehead atoms. The molecule has 2 N–H and O–H groups in total. The predicted octanol–water partition coefficient (Wildman–Crippen LogP) is -0.460. The molecule has 1 aromatic rings. The molecule has 1 aliphatic heterocycles. The Morgan fingerprint density at radius 2 is 2.22 bits per heavy atom. The van der Waals surface area contributed by atoms with Crippen LogP contribution in [0.25, 0.3) is 0 Å². The second-order valence-electron chi connectivity index (χ2n) is 4.19. The Morgan fingerprint density at radius 3 is 2.78 bits per heavy atom. The topological polar surface area (TPSA) is 84.3 Å². The zero-order chi connectivity index (χ0) is 13.4. The van der Waals surface area contributed by atoms with E-state index in [1.54, 1.807) is 4.98 Å². The molecule has 0 aromatic carbocycles. The molecular formula is C10H12F2N2O4. The Labute approximate surface area is 99.8 Å². The molecule has 4 atom stereocenters. The number of H-pyrrole nitrogens is 1. The zero-order valence-electron chi connectivity index (χ0n) is 9.47. The number of hydrogen-bond acceptors (Lipinski definition) is 4. The highest BCUT2D eigenvalue weighted by molar-refractivity contribution is 4.93. The van der Waals surface area contributed by atoms with Crippen LogP contribution in [0.15, 0.2) is 15.8 Å². The third-order valence-electron chi connectivity index (χ3n) is 3.05. The minimum atomic E-state index is -1.58. The molecule has 8 heteroatoms. The van der Waals surface area contributed by atoms with E-state index >= 15 is 0 Å². The van der Waals surface area contributed by atoms with Gasteiger partial charge in [0.15, 0.2) is 12.4 Å². The van der Waals surface area contributed by atoms with Gasteiger partial charge in [-0.25, -0.2) is 9.18 Å². The number of halogens is 2. The van der Waals surface area contributed by atoms with Crippen molar-refractivity contribution in [1.29, 1.82) is 0 Å². The van der Waals surface area contributed by atoms with E-state index in [0.29, 0.717) is 10.8 Å². The average molecular weight is 262 g/mol. The van der Waals surface area contributed by atoms with E-state index in [2.05, 4.69) is 0 Å². The minimum Gasteiger partial charge on any atom is -0.394 e. The fraction of sp³-hybridized carbons (Fsp3) is 0.600. The van der Waals surface area contributed by atoms with Crippen LogP contribution in [0.3, 0.4) is 0 Å². The molecule has 0 aliphatic carbocycles. The first-order valence-electron chi connectivity index (χ1n) is 5.37. The third-order valence-corrected chi connectivity index (χ3v) is 3.05. The molecule has 1 saturated heterocycles. The van der Waals surface area contributed by atoms with Gasteiger partial charge >= 0.3 is 5.69 Å². The smallest absolute Gasteiger partial charge is 0.330 e. The molecule has 6 nitrogen and oxygen atoms in total. The number of rotatable bonds is 2. The number of hydrogen-bond donors (Lipinski definition) is 2. The molecule has 0 saturated carbocycles. The fourth-order valence-corrected chi connectivity index (χ4v) is 1.92. The Bertz CT molecular complexity index is 556. The van der Waals surface area contributed by atoms with Gasteiger partial charge in [-0.05, 0) is 0 Å². The lowest BCUT2D eigenvalue weighted by molar-refractivity contribution is -0.0423. The van der Waals surface area contributed by atoms with Crippen molar-refractivity contribution in [3.63, 3.8) is 0 Å². The van der Waals surface area contributed by atoms with Crippen molar-refractivity contribution >= 4 is 0 Å². The highest BCUT2D eigenvalue weighted by Crippen LogP contribution is 2.34. The number of aliphatic hydroxyl groups excluding tert-OH is 1. The van der Waals surface area contributed by atoms with Crippen molar-refractivity contribution in [3.8, 4) is 0 Å². The molecule has 0 radical (unpaired) electrons. The van der Waals surface area contributed by atoms with Crippen molar-refractivity contribution in [1.82, 2.24) is 9.55 Å². The van der Waals surface area contributed by atoms with Crippen molar-refractivity contribution < 1.29 is 18.6 Å². The first-order valence-corrected chi connectivity index (χ1v) is 5.37. The molecule has 2 rings (SSSR count). The van der Waals surface area contributed by atoms with Crippen molar-refractivity contribution in [2.45, 2.75) is 25.4 Å². The molecular weight excluding hydrogens is 250 g/mol. The predicted molar refractivity (Wildman–Crippen MR) is 56.3 cm³/mol. The van der Waals surface area contributed by atoms with Crippen LogP contribution in [-0.4, -0.2) is 33.5 Å². The van der Waals surface area contributed by atoms with Crippen LogP contribution in [0.2, 0.25) is 0 Å². The zero-order valence-corrected chi connectivity index (χ0v) is 9.47. The number of nitrogens with zero attached hydrogens (tertiary/aromatic N) is 1. The first-order chi connectivity index (χ1) is 8.45. The summed E-state index contributed by atoms with van der Waals surface area (Å²) < 4.78 is 32.8. The van der Waals surface area contributed by atoms with Crippen LogP contribution < -0.4 is 11.2 Å². The highest BCUT2D eigenvalue weighted by Gasteiger charge is 2.43. The van der Waals surface area contributed by atoms with Crippen LogP contribution in [0.1, 0.15) is 13.2 Å². The number of aromatic amines is 1. The van der Waals surface area contributed by atoms with E-state index in [1.165, 1.54) is 6.92 Å². The molecule has 0 unspecified atom stereocenters. The van der Waals surface area contributed by atoms with Crippen molar-refractivity contribution in [2.24, 2.45) is 5.92 Å². The van der Waals surface area contributed by atoms with E-state index in [-0.39, 0.29) is 0 Å². The number of aliphatic hydroxyl groups is 1. The van der Waals surface area contributed by atoms with E-state index in [1.807, 2.05) is 0 Å². The summed E-state index contributed by atoms with van der Waals surface area (Å²) >= 11 is 0. The van der Waals surface area contributed by atoms with Crippen LogP contribution >= 0.6 is 0 Å². The summed E-state index contributed by atoms with van der Waals surface area (Å²) in [5.74, 6) is -1.84. The van der Waals surface area contributed by atoms with Gasteiger partial charge in [0.1, 0.15) is 0 Å². The lowest BCUT2D eigenvalue weighted by atomic mass is 10.0. The highest BCUT2D eigenvalue weighted by atomic mass is 19.1. The quantitative estimate of drug-likeness (QED) is 0.755. The maximum Gasteiger partial charge on any atom is 0.330 e. The van der Waals surface area contributed by atoms with Gasteiger partial charge < -0.3 is 9.84 Å². The van der Waals surface area contributed by atoms with E-state index < -0.39 is 48.1 Å². The first kappa shape index (κ1) is 12.9. The molecule has 18 heavy (non-hydrogen) atoms. The summed E-state index contributed by atoms with van der Waals surface area (Å²) in [6.07, 6.45) is -3.10. The summed E-state index contributed by atoms with van der Waals surface area (Å²) in [4.78, 5) is 24.0. The Hall–Kier alpha value is -1.54.